The van der Waals surface area contributed by atoms with Gasteiger partial charge in [-0.25, -0.2) is 4.68 Å². The molecule has 1 saturated heterocycles. The third kappa shape index (κ3) is 4.43. The molecule has 7 nitrogen and oxygen atoms in total. The van der Waals surface area contributed by atoms with Gasteiger partial charge in [-0.2, -0.15) is 15.1 Å². The summed E-state index contributed by atoms with van der Waals surface area (Å²) in [6.07, 6.45) is 3.76. The Balaban J connectivity index is 1.51. The van der Waals surface area contributed by atoms with Gasteiger partial charge < -0.3 is 15.0 Å². The predicted molar refractivity (Wildman–Crippen MR) is 128 cm³/mol. The van der Waals surface area contributed by atoms with E-state index >= 15 is 0 Å². The highest BCUT2D eigenvalue weighted by molar-refractivity contribution is 5.89. The van der Waals surface area contributed by atoms with Crippen LogP contribution in [0.1, 0.15) is 18.1 Å². The van der Waals surface area contributed by atoms with Gasteiger partial charge in [0.2, 0.25) is 5.95 Å². The SMILES string of the molecule is CCc1cccc(Nc2nc(N3CCOCC3)nc3c2cnn3CCc2ccccc2)c1. The fourth-order valence-electron chi connectivity index (χ4n) is 3.99. The zero-order valence-corrected chi connectivity index (χ0v) is 18.4. The van der Waals surface area contributed by atoms with E-state index in [0.29, 0.717) is 13.2 Å². The standard InChI is InChI=1S/C25H28N6O/c1-2-19-9-6-10-21(17-19)27-23-22-18-26-31(12-11-20-7-4-3-5-8-20)24(22)29-25(28-23)30-13-15-32-16-14-30/h3-10,17-18H,2,11-16H2,1H3,(H,27,28,29). The summed E-state index contributed by atoms with van der Waals surface area (Å²) in [5, 5.41) is 9.12. The quantitative estimate of drug-likeness (QED) is 0.476. The van der Waals surface area contributed by atoms with E-state index in [4.69, 9.17) is 14.7 Å². The van der Waals surface area contributed by atoms with Gasteiger partial charge in [0.15, 0.2) is 5.65 Å². The Kier molecular flexibility index (Phi) is 5.98. The lowest BCUT2D eigenvalue weighted by Gasteiger charge is -2.27. The van der Waals surface area contributed by atoms with Crippen molar-refractivity contribution < 1.29 is 4.74 Å². The second kappa shape index (κ2) is 9.36. The molecule has 2 aromatic carbocycles. The van der Waals surface area contributed by atoms with Crippen LogP contribution in [-0.4, -0.2) is 46.1 Å². The third-order valence-corrected chi connectivity index (χ3v) is 5.83. The summed E-state index contributed by atoms with van der Waals surface area (Å²) < 4.78 is 7.51. The summed E-state index contributed by atoms with van der Waals surface area (Å²) in [4.78, 5) is 12.0. The molecule has 1 fully saturated rings. The minimum Gasteiger partial charge on any atom is -0.378 e. The van der Waals surface area contributed by atoms with Crippen molar-refractivity contribution in [3.05, 3.63) is 71.9 Å². The number of nitrogens with one attached hydrogen (secondary N) is 1. The van der Waals surface area contributed by atoms with E-state index in [1.54, 1.807) is 0 Å². The Morgan fingerprint density at radius 2 is 1.78 bits per heavy atom. The van der Waals surface area contributed by atoms with Crippen molar-refractivity contribution in [2.75, 3.05) is 36.5 Å². The molecule has 0 atom stereocenters. The average Bonchev–Trinajstić information content (AvgIpc) is 3.27. The van der Waals surface area contributed by atoms with E-state index in [-0.39, 0.29) is 0 Å². The second-order valence-electron chi connectivity index (χ2n) is 7.99. The molecular formula is C25H28N6O. The lowest BCUT2D eigenvalue weighted by atomic mass is 10.1. The summed E-state index contributed by atoms with van der Waals surface area (Å²) in [6.45, 7) is 5.88. The average molecular weight is 429 g/mol. The molecule has 4 aromatic rings. The Labute approximate surface area is 188 Å². The monoisotopic (exact) mass is 428 g/mol. The van der Waals surface area contributed by atoms with Crippen molar-refractivity contribution >= 4 is 28.5 Å². The number of morpholine rings is 1. The van der Waals surface area contributed by atoms with Crippen molar-refractivity contribution in [2.24, 2.45) is 0 Å². The predicted octanol–water partition coefficient (Wildman–Crippen LogP) is 4.21. The van der Waals surface area contributed by atoms with E-state index in [1.165, 1.54) is 11.1 Å². The van der Waals surface area contributed by atoms with Crippen LogP contribution in [0.2, 0.25) is 0 Å². The van der Waals surface area contributed by atoms with Crippen molar-refractivity contribution in [1.82, 2.24) is 19.7 Å². The Bertz CT molecular complexity index is 1180. The molecule has 5 rings (SSSR count). The third-order valence-electron chi connectivity index (χ3n) is 5.83. The highest BCUT2D eigenvalue weighted by atomic mass is 16.5. The highest BCUT2D eigenvalue weighted by Crippen LogP contribution is 2.27. The van der Waals surface area contributed by atoms with Gasteiger partial charge in [-0.15, -0.1) is 0 Å². The number of hydrogen-bond acceptors (Lipinski definition) is 6. The van der Waals surface area contributed by atoms with Crippen LogP contribution in [0, 0.1) is 0 Å². The number of fused-ring (bicyclic) bond motifs is 1. The topological polar surface area (TPSA) is 68.1 Å². The van der Waals surface area contributed by atoms with Gasteiger partial charge in [-0.3, -0.25) is 0 Å². The maximum atomic E-state index is 5.53. The maximum Gasteiger partial charge on any atom is 0.229 e. The fourth-order valence-corrected chi connectivity index (χ4v) is 3.99. The molecule has 7 heteroatoms. The molecule has 0 unspecified atom stereocenters. The van der Waals surface area contributed by atoms with Gasteiger partial charge in [-0.05, 0) is 36.1 Å². The van der Waals surface area contributed by atoms with Crippen LogP contribution in [0.15, 0.2) is 60.8 Å². The maximum absolute atomic E-state index is 5.53. The van der Waals surface area contributed by atoms with Gasteiger partial charge in [-0.1, -0.05) is 49.4 Å². The number of ether oxygens (including phenoxy) is 1. The molecule has 0 saturated carbocycles. The number of aryl methyl sites for hydroxylation is 3. The largest absolute Gasteiger partial charge is 0.378 e. The molecule has 1 N–H and O–H groups in total. The molecule has 3 heterocycles. The summed E-state index contributed by atoms with van der Waals surface area (Å²) in [6, 6.07) is 18.9. The molecule has 0 amide bonds. The van der Waals surface area contributed by atoms with Crippen molar-refractivity contribution in [3.8, 4) is 0 Å². The van der Waals surface area contributed by atoms with Gasteiger partial charge in [0.1, 0.15) is 5.82 Å². The van der Waals surface area contributed by atoms with E-state index in [1.807, 2.05) is 16.9 Å². The van der Waals surface area contributed by atoms with Crippen LogP contribution in [0.3, 0.4) is 0 Å². The summed E-state index contributed by atoms with van der Waals surface area (Å²) in [7, 11) is 0. The first-order valence-corrected chi connectivity index (χ1v) is 11.3. The molecule has 0 spiro atoms. The van der Waals surface area contributed by atoms with Crippen LogP contribution >= 0.6 is 0 Å². The van der Waals surface area contributed by atoms with Crippen LogP contribution in [0.5, 0.6) is 0 Å². The van der Waals surface area contributed by atoms with Crippen LogP contribution in [-0.2, 0) is 24.1 Å². The first kappa shape index (κ1) is 20.5. The molecule has 164 valence electrons. The van der Waals surface area contributed by atoms with Crippen molar-refractivity contribution in [3.63, 3.8) is 0 Å². The summed E-state index contributed by atoms with van der Waals surface area (Å²) >= 11 is 0. The molecule has 1 aliphatic heterocycles. The fraction of sp³-hybridized carbons (Fsp3) is 0.320. The van der Waals surface area contributed by atoms with E-state index in [2.05, 4.69) is 70.8 Å². The van der Waals surface area contributed by atoms with Crippen LogP contribution in [0.4, 0.5) is 17.5 Å². The van der Waals surface area contributed by atoms with Gasteiger partial charge >= 0.3 is 0 Å². The van der Waals surface area contributed by atoms with Gasteiger partial charge in [0.25, 0.3) is 0 Å². The molecule has 0 radical (unpaired) electrons. The molecule has 0 aliphatic carbocycles. The molecule has 32 heavy (non-hydrogen) atoms. The number of aromatic nitrogens is 4. The number of benzene rings is 2. The Morgan fingerprint density at radius 1 is 0.969 bits per heavy atom. The molecule has 1 aliphatic rings. The van der Waals surface area contributed by atoms with E-state index < -0.39 is 0 Å². The highest BCUT2D eigenvalue weighted by Gasteiger charge is 2.19. The first-order chi connectivity index (χ1) is 15.8. The van der Waals surface area contributed by atoms with Gasteiger partial charge in [0.05, 0.1) is 24.8 Å². The number of nitrogens with zero attached hydrogens (tertiary/aromatic N) is 5. The minimum atomic E-state index is 0.690. The van der Waals surface area contributed by atoms with E-state index in [9.17, 15) is 0 Å². The lowest BCUT2D eigenvalue weighted by molar-refractivity contribution is 0.122. The molecule has 2 aromatic heterocycles. The lowest BCUT2D eigenvalue weighted by Crippen LogP contribution is -2.37. The van der Waals surface area contributed by atoms with Crippen molar-refractivity contribution in [1.29, 1.82) is 0 Å². The smallest absolute Gasteiger partial charge is 0.229 e. The van der Waals surface area contributed by atoms with Crippen LogP contribution in [0.25, 0.3) is 11.0 Å². The Hall–Kier alpha value is -3.45. The number of anilines is 3. The summed E-state index contributed by atoms with van der Waals surface area (Å²) in [5.41, 5.74) is 4.45. The molecule has 0 bridgehead atoms. The zero-order chi connectivity index (χ0) is 21.8. The van der Waals surface area contributed by atoms with Gasteiger partial charge in [0, 0.05) is 25.3 Å². The zero-order valence-electron chi connectivity index (χ0n) is 18.4. The van der Waals surface area contributed by atoms with Crippen molar-refractivity contribution in [2.45, 2.75) is 26.3 Å². The number of rotatable bonds is 7. The van der Waals surface area contributed by atoms with Crippen LogP contribution < -0.4 is 10.2 Å². The number of hydrogen-bond donors (Lipinski definition) is 1. The normalized spacial score (nSPS) is 14.1. The molecular weight excluding hydrogens is 400 g/mol. The minimum absolute atomic E-state index is 0.690. The second-order valence-corrected chi connectivity index (χ2v) is 7.99. The summed E-state index contributed by atoms with van der Waals surface area (Å²) in [5.74, 6) is 1.51. The Morgan fingerprint density at radius 3 is 2.59 bits per heavy atom. The first-order valence-electron chi connectivity index (χ1n) is 11.3. The van der Waals surface area contributed by atoms with E-state index in [0.717, 1.165) is 61.0 Å².